The summed E-state index contributed by atoms with van der Waals surface area (Å²) in [6.45, 7) is 7.44. The van der Waals surface area contributed by atoms with E-state index >= 15 is 0 Å². The maximum atomic E-state index is 4.23. The van der Waals surface area contributed by atoms with Crippen molar-refractivity contribution in [2.24, 2.45) is 0 Å². The number of nitrogens with one attached hydrogen (secondary N) is 1. The number of aromatic nitrogens is 2. The molecule has 1 aliphatic rings. The fourth-order valence-corrected chi connectivity index (χ4v) is 2.87. The molecule has 1 aromatic rings. The second kappa shape index (κ2) is 4.90. The highest BCUT2D eigenvalue weighted by Crippen LogP contribution is 2.23. The summed E-state index contributed by atoms with van der Waals surface area (Å²) in [5, 5.41) is 13.9. The summed E-state index contributed by atoms with van der Waals surface area (Å²) in [5.41, 5.74) is 0. The second-order valence-corrected chi connectivity index (χ2v) is 5.05. The molecule has 5 heteroatoms. The molecule has 1 atom stereocenters. The lowest BCUT2D eigenvalue weighted by Crippen LogP contribution is -2.46. The Morgan fingerprint density at radius 3 is 2.93 bits per heavy atom. The van der Waals surface area contributed by atoms with Gasteiger partial charge in [-0.2, -0.15) is 0 Å². The van der Waals surface area contributed by atoms with Crippen molar-refractivity contribution in [2.45, 2.75) is 32.7 Å². The van der Waals surface area contributed by atoms with Crippen LogP contribution in [0.25, 0.3) is 0 Å². The molecule has 0 amide bonds. The van der Waals surface area contributed by atoms with Crippen molar-refractivity contribution in [1.29, 1.82) is 0 Å². The van der Waals surface area contributed by atoms with E-state index in [0.29, 0.717) is 6.04 Å². The minimum Gasteiger partial charge on any atom is -0.343 e. The normalized spacial score (nSPS) is 21.6. The largest absolute Gasteiger partial charge is 0.343 e. The van der Waals surface area contributed by atoms with Gasteiger partial charge in [-0.25, -0.2) is 0 Å². The first-order chi connectivity index (χ1) is 7.31. The van der Waals surface area contributed by atoms with Crippen molar-refractivity contribution >= 4 is 16.5 Å². The van der Waals surface area contributed by atoms with Crippen LogP contribution in [0.3, 0.4) is 0 Å². The SMILES string of the molecule is CCN(c1nnc(C)s1)C1CCCNC1. The Bertz CT molecular complexity index is 306. The average molecular weight is 226 g/mol. The molecule has 0 aromatic carbocycles. The Morgan fingerprint density at radius 1 is 1.53 bits per heavy atom. The van der Waals surface area contributed by atoms with Gasteiger partial charge in [-0.1, -0.05) is 11.3 Å². The van der Waals surface area contributed by atoms with E-state index < -0.39 is 0 Å². The van der Waals surface area contributed by atoms with Gasteiger partial charge in [0.05, 0.1) is 0 Å². The van der Waals surface area contributed by atoms with Crippen LogP contribution in [0.4, 0.5) is 5.13 Å². The van der Waals surface area contributed by atoms with E-state index in [9.17, 15) is 0 Å². The topological polar surface area (TPSA) is 41.1 Å². The zero-order valence-corrected chi connectivity index (χ0v) is 10.2. The van der Waals surface area contributed by atoms with Crippen LogP contribution in [0.2, 0.25) is 0 Å². The molecule has 0 aliphatic carbocycles. The van der Waals surface area contributed by atoms with E-state index in [0.717, 1.165) is 29.8 Å². The quantitative estimate of drug-likeness (QED) is 0.846. The third kappa shape index (κ3) is 2.46. The minimum absolute atomic E-state index is 0.594. The second-order valence-electron chi connectivity index (χ2n) is 3.89. The molecule has 84 valence electrons. The van der Waals surface area contributed by atoms with Crippen molar-refractivity contribution < 1.29 is 0 Å². The number of nitrogens with zero attached hydrogens (tertiary/aromatic N) is 3. The maximum absolute atomic E-state index is 4.23. The molecule has 0 bridgehead atoms. The maximum Gasteiger partial charge on any atom is 0.208 e. The first kappa shape index (κ1) is 10.8. The Balaban J connectivity index is 2.08. The van der Waals surface area contributed by atoms with Crippen LogP contribution in [0.1, 0.15) is 24.8 Å². The number of piperidine rings is 1. The zero-order chi connectivity index (χ0) is 10.7. The van der Waals surface area contributed by atoms with E-state index in [-0.39, 0.29) is 0 Å². The molecule has 0 radical (unpaired) electrons. The highest BCUT2D eigenvalue weighted by molar-refractivity contribution is 7.15. The summed E-state index contributed by atoms with van der Waals surface area (Å²) in [6.07, 6.45) is 2.53. The number of anilines is 1. The van der Waals surface area contributed by atoms with Gasteiger partial charge in [0.2, 0.25) is 5.13 Å². The molecule has 1 fully saturated rings. The molecule has 2 heterocycles. The van der Waals surface area contributed by atoms with E-state index in [1.54, 1.807) is 11.3 Å². The minimum atomic E-state index is 0.594. The molecular formula is C10H18N4S. The number of hydrogen-bond donors (Lipinski definition) is 1. The first-order valence-electron chi connectivity index (χ1n) is 5.58. The average Bonchev–Trinajstić information content (AvgIpc) is 2.68. The molecule has 1 N–H and O–H groups in total. The fraction of sp³-hybridized carbons (Fsp3) is 0.800. The molecule has 1 unspecified atom stereocenters. The molecule has 1 aliphatic heterocycles. The van der Waals surface area contributed by atoms with Gasteiger partial charge in [0.15, 0.2) is 0 Å². The number of hydrogen-bond acceptors (Lipinski definition) is 5. The number of likely N-dealkylation sites (N-methyl/N-ethyl adjacent to an activating group) is 1. The van der Waals surface area contributed by atoms with E-state index in [4.69, 9.17) is 0 Å². The molecule has 1 aromatic heterocycles. The lowest BCUT2D eigenvalue weighted by atomic mass is 10.1. The third-order valence-corrected chi connectivity index (χ3v) is 3.69. The molecule has 0 saturated carbocycles. The molecule has 15 heavy (non-hydrogen) atoms. The monoisotopic (exact) mass is 226 g/mol. The zero-order valence-electron chi connectivity index (χ0n) is 9.36. The van der Waals surface area contributed by atoms with Crippen LogP contribution in [0.15, 0.2) is 0 Å². The Labute approximate surface area is 94.7 Å². The van der Waals surface area contributed by atoms with Gasteiger partial charge in [-0.15, -0.1) is 10.2 Å². The van der Waals surface area contributed by atoms with E-state index in [1.165, 1.54) is 12.8 Å². The number of rotatable bonds is 3. The standard InChI is InChI=1S/C10H18N4S/c1-3-14(9-5-4-6-11-7-9)10-13-12-8(2)15-10/h9,11H,3-7H2,1-2H3. The lowest BCUT2D eigenvalue weighted by molar-refractivity contribution is 0.434. The van der Waals surface area contributed by atoms with Crippen molar-refractivity contribution in [3.05, 3.63) is 5.01 Å². The molecule has 2 rings (SSSR count). The molecule has 1 saturated heterocycles. The lowest BCUT2D eigenvalue weighted by Gasteiger charge is -2.33. The predicted octanol–water partition coefficient (Wildman–Crippen LogP) is 1.42. The van der Waals surface area contributed by atoms with Crippen LogP contribution < -0.4 is 10.2 Å². The summed E-state index contributed by atoms with van der Waals surface area (Å²) >= 11 is 1.69. The van der Waals surface area contributed by atoms with Crippen molar-refractivity contribution in [2.75, 3.05) is 24.5 Å². The fourth-order valence-electron chi connectivity index (χ4n) is 2.05. The van der Waals surface area contributed by atoms with Gasteiger partial charge in [0.1, 0.15) is 5.01 Å². The van der Waals surface area contributed by atoms with Crippen LogP contribution in [0.5, 0.6) is 0 Å². The van der Waals surface area contributed by atoms with Gasteiger partial charge in [0.25, 0.3) is 0 Å². The first-order valence-corrected chi connectivity index (χ1v) is 6.40. The van der Waals surface area contributed by atoms with Crippen LogP contribution in [-0.4, -0.2) is 35.9 Å². The van der Waals surface area contributed by atoms with Gasteiger partial charge in [-0.05, 0) is 33.2 Å². The van der Waals surface area contributed by atoms with Gasteiger partial charge in [-0.3, -0.25) is 0 Å². The molecular weight excluding hydrogens is 208 g/mol. The Hall–Kier alpha value is -0.680. The van der Waals surface area contributed by atoms with Gasteiger partial charge < -0.3 is 10.2 Å². The van der Waals surface area contributed by atoms with Gasteiger partial charge >= 0.3 is 0 Å². The number of aryl methyl sites for hydroxylation is 1. The highest BCUT2D eigenvalue weighted by atomic mass is 32.1. The van der Waals surface area contributed by atoms with Crippen molar-refractivity contribution in [1.82, 2.24) is 15.5 Å². The summed E-state index contributed by atoms with van der Waals surface area (Å²) in [4.78, 5) is 2.37. The summed E-state index contributed by atoms with van der Waals surface area (Å²) in [7, 11) is 0. The van der Waals surface area contributed by atoms with Crippen molar-refractivity contribution in [3.8, 4) is 0 Å². The van der Waals surface area contributed by atoms with Crippen LogP contribution in [-0.2, 0) is 0 Å². The summed E-state index contributed by atoms with van der Waals surface area (Å²) in [6, 6.07) is 0.594. The van der Waals surface area contributed by atoms with Crippen molar-refractivity contribution in [3.63, 3.8) is 0 Å². The molecule has 4 nitrogen and oxygen atoms in total. The third-order valence-electron chi connectivity index (χ3n) is 2.81. The van der Waals surface area contributed by atoms with E-state index in [1.807, 2.05) is 6.92 Å². The Kier molecular flexibility index (Phi) is 3.53. The summed E-state index contributed by atoms with van der Waals surface area (Å²) in [5.74, 6) is 0. The smallest absolute Gasteiger partial charge is 0.208 e. The van der Waals surface area contributed by atoms with Crippen LogP contribution in [0, 0.1) is 6.92 Å². The molecule has 0 spiro atoms. The predicted molar refractivity (Wildman–Crippen MR) is 63.6 cm³/mol. The Morgan fingerprint density at radius 2 is 2.40 bits per heavy atom. The highest BCUT2D eigenvalue weighted by Gasteiger charge is 2.22. The summed E-state index contributed by atoms with van der Waals surface area (Å²) < 4.78 is 0. The van der Waals surface area contributed by atoms with Gasteiger partial charge in [0, 0.05) is 19.1 Å². The van der Waals surface area contributed by atoms with E-state index in [2.05, 4.69) is 27.3 Å². The van der Waals surface area contributed by atoms with Crippen LogP contribution >= 0.6 is 11.3 Å².